The summed E-state index contributed by atoms with van der Waals surface area (Å²) in [5.41, 5.74) is 8.66. The molecular formula is C15H27N5. The normalized spacial score (nSPS) is 29.6. The van der Waals surface area contributed by atoms with Crippen molar-refractivity contribution in [3.8, 4) is 0 Å². The molecule has 2 aliphatic heterocycles. The number of nitrogens with zero attached hydrogens (tertiary/aromatic N) is 4. The van der Waals surface area contributed by atoms with Crippen LogP contribution >= 0.6 is 0 Å². The number of nitrogens with two attached hydrogens (primary N) is 1. The molecule has 0 aliphatic carbocycles. The lowest BCUT2D eigenvalue weighted by Crippen LogP contribution is -2.56. The molecule has 5 nitrogen and oxygen atoms in total. The van der Waals surface area contributed by atoms with Crippen LogP contribution in [0, 0.1) is 6.92 Å². The third kappa shape index (κ3) is 2.28. The Morgan fingerprint density at radius 3 is 2.90 bits per heavy atom. The Balaban J connectivity index is 1.83. The Bertz CT molecular complexity index is 469. The van der Waals surface area contributed by atoms with Crippen molar-refractivity contribution >= 4 is 0 Å². The maximum absolute atomic E-state index is 6.12. The molecule has 0 bridgehead atoms. The SMILES string of the molecule is Cc1c(C(CN)N2CC3CCCN3CC2C)cnn1C. The summed E-state index contributed by atoms with van der Waals surface area (Å²) in [7, 11) is 2.00. The fourth-order valence-corrected chi connectivity index (χ4v) is 3.93. The number of aryl methyl sites for hydroxylation is 1. The second kappa shape index (κ2) is 5.47. The zero-order valence-electron chi connectivity index (χ0n) is 12.9. The summed E-state index contributed by atoms with van der Waals surface area (Å²) in [6.07, 6.45) is 4.69. The van der Waals surface area contributed by atoms with Gasteiger partial charge >= 0.3 is 0 Å². The lowest BCUT2D eigenvalue weighted by atomic mass is 10.00. The molecular weight excluding hydrogens is 250 g/mol. The van der Waals surface area contributed by atoms with E-state index in [0.29, 0.717) is 18.6 Å². The van der Waals surface area contributed by atoms with Crippen LogP contribution in [-0.2, 0) is 7.05 Å². The average Bonchev–Trinajstić information content (AvgIpc) is 3.00. The Kier molecular flexibility index (Phi) is 3.84. The molecule has 20 heavy (non-hydrogen) atoms. The molecule has 0 aromatic carbocycles. The van der Waals surface area contributed by atoms with E-state index in [4.69, 9.17) is 5.73 Å². The number of fused-ring (bicyclic) bond motifs is 1. The molecule has 1 aromatic rings. The topological polar surface area (TPSA) is 50.3 Å². The molecule has 3 heterocycles. The van der Waals surface area contributed by atoms with E-state index >= 15 is 0 Å². The van der Waals surface area contributed by atoms with Gasteiger partial charge in [0.15, 0.2) is 0 Å². The molecule has 0 radical (unpaired) electrons. The van der Waals surface area contributed by atoms with Crippen molar-refractivity contribution in [2.45, 2.75) is 44.8 Å². The van der Waals surface area contributed by atoms with Gasteiger partial charge in [0.1, 0.15) is 0 Å². The van der Waals surface area contributed by atoms with Gasteiger partial charge in [0, 0.05) is 50.0 Å². The van der Waals surface area contributed by atoms with Gasteiger partial charge < -0.3 is 5.73 Å². The van der Waals surface area contributed by atoms with Crippen molar-refractivity contribution in [1.29, 1.82) is 0 Å². The van der Waals surface area contributed by atoms with E-state index in [2.05, 4.69) is 28.7 Å². The minimum absolute atomic E-state index is 0.307. The van der Waals surface area contributed by atoms with Crippen molar-refractivity contribution < 1.29 is 0 Å². The first-order valence-electron chi connectivity index (χ1n) is 7.80. The van der Waals surface area contributed by atoms with E-state index in [9.17, 15) is 0 Å². The number of hydrogen-bond acceptors (Lipinski definition) is 4. The highest BCUT2D eigenvalue weighted by atomic mass is 15.3. The molecule has 0 amide bonds. The molecule has 2 fully saturated rings. The monoisotopic (exact) mass is 277 g/mol. The summed E-state index contributed by atoms with van der Waals surface area (Å²) >= 11 is 0. The van der Waals surface area contributed by atoms with Gasteiger partial charge in [-0.05, 0) is 33.2 Å². The standard InChI is InChI=1S/C15H27N5/c1-11-9-19-6-4-5-13(19)10-20(11)15(7-16)14-8-17-18(3)12(14)2/h8,11,13,15H,4-7,9-10,16H2,1-3H3. The van der Waals surface area contributed by atoms with Gasteiger partial charge in [0.25, 0.3) is 0 Å². The van der Waals surface area contributed by atoms with Crippen LogP contribution in [0.2, 0.25) is 0 Å². The third-order valence-electron chi connectivity index (χ3n) is 5.24. The highest BCUT2D eigenvalue weighted by molar-refractivity contribution is 5.22. The Morgan fingerprint density at radius 1 is 1.45 bits per heavy atom. The van der Waals surface area contributed by atoms with Gasteiger partial charge in [-0.25, -0.2) is 0 Å². The van der Waals surface area contributed by atoms with Gasteiger partial charge in [-0.1, -0.05) is 0 Å². The first kappa shape index (κ1) is 14.0. The summed E-state index contributed by atoms with van der Waals surface area (Å²) < 4.78 is 1.95. The van der Waals surface area contributed by atoms with E-state index in [1.807, 2.05) is 17.9 Å². The van der Waals surface area contributed by atoms with Crippen LogP contribution in [-0.4, -0.2) is 57.8 Å². The number of piperazine rings is 1. The average molecular weight is 277 g/mol. The number of aromatic nitrogens is 2. The first-order valence-corrected chi connectivity index (χ1v) is 7.80. The predicted molar refractivity (Wildman–Crippen MR) is 80.5 cm³/mol. The largest absolute Gasteiger partial charge is 0.329 e. The first-order chi connectivity index (χ1) is 9.61. The molecule has 3 rings (SSSR count). The van der Waals surface area contributed by atoms with Crippen LogP contribution in [0.5, 0.6) is 0 Å². The minimum Gasteiger partial charge on any atom is -0.329 e. The highest BCUT2D eigenvalue weighted by Gasteiger charge is 2.38. The van der Waals surface area contributed by atoms with Gasteiger partial charge in [-0.2, -0.15) is 5.10 Å². The van der Waals surface area contributed by atoms with E-state index in [1.54, 1.807) is 0 Å². The lowest BCUT2D eigenvalue weighted by molar-refractivity contribution is 0.0294. The van der Waals surface area contributed by atoms with Gasteiger partial charge in [-0.15, -0.1) is 0 Å². The summed E-state index contributed by atoms with van der Waals surface area (Å²) in [5, 5.41) is 4.40. The lowest BCUT2D eigenvalue weighted by Gasteiger charge is -2.45. The van der Waals surface area contributed by atoms with Crippen molar-refractivity contribution in [1.82, 2.24) is 19.6 Å². The fourth-order valence-electron chi connectivity index (χ4n) is 3.93. The van der Waals surface area contributed by atoms with Crippen LogP contribution in [0.3, 0.4) is 0 Å². The van der Waals surface area contributed by atoms with Gasteiger partial charge in [0.05, 0.1) is 12.2 Å². The van der Waals surface area contributed by atoms with Gasteiger partial charge in [0.2, 0.25) is 0 Å². The smallest absolute Gasteiger partial charge is 0.0540 e. The zero-order chi connectivity index (χ0) is 14.3. The molecule has 3 atom stereocenters. The summed E-state index contributed by atoms with van der Waals surface area (Å²) in [5.74, 6) is 0. The number of hydrogen-bond donors (Lipinski definition) is 1. The molecule has 2 aliphatic rings. The van der Waals surface area contributed by atoms with Crippen LogP contribution in [0.4, 0.5) is 0 Å². The molecule has 0 saturated carbocycles. The molecule has 1 aromatic heterocycles. The minimum atomic E-state index is 0.307. The zero-order valence-corrected chi connectivity index (χ0v) is 12.9. The van der Waals surface area contributed by atoms with E-state index < -0.39 is 0 Å². The van der Waals surface area contributed by atoms with Crippen molar-refractivity contribution in [3.05, 3.63) is 17.5 Å². The molecule has 2 N–H and O–H groups in total. The van der Waals surface area contributed by atoms with Crippen LogP contribution in [0.25, 0.3) is 0 Å². The van der Waals surface area contributed by atoms with Crippen LogP contribution in [0.15, 0.2) is 6.20 Å². The predicted octanol–water partition coefficient (Wildman–Crippen LogP) is 0.897. The maximum atomic E-state index is 6.12. The van der Waals surface area contributed by atoms with Crippen molar-refractivity contribution in [2.75, 3.05) is 26.2 Å². The number of rotatable bonds is 3. The molecule has 0 spiro atoms. The highest BCUT2D eigenvalue weighted by Crippen LogP contribution is 2.31. The Morgan fingerprint density at radius 2 is 2.25 bits per heavy atom. The molecule has 5 heteroatoms. The second-order valence-electron chi connectivity index (χ2n) is 6.40. The fraction of sp³-hybridized carbons (Fsp3) is 0.800. The van der Waals surface area contributed by atoms with Crippen molar-refractivity contribution in [3.63, 3.8) is 0 Å². The Hall–Kier alpha value is -0.910. The second-order valence-corrected chi connectivity index (χ2v) is 6.40. The van der Waals surface area contributed by atoms with E-state index in [1.165, 1.54) is 37.2 Å². The van der Waals surface area contributed by atoms with Crippen LogP contribution in [0.1, 0.15) is 37.1 Å². The maximum Gasteiger partial charge on any atom is 0.0540 e. The van der Waals surface area contributed by atoms with Crippen LogP contribution < -0.4 is 5.73 Å². The van der Waals surface area contributed by atoms with E-state index in [0.717, 1.165) is 12.6 Å². The Labute approximate surface area is 121 Å². The van der Waals surface area contributed by atoms with Crippen molar-refractivity contribution in [2.24, 2.45) is 12.8 Å². The van der Waals surface area contributed by atoms with E-state index in [-0.39, 0.29) is 0 Å². The summed E-state index contributed by atoms with van der Waals surface area (Å²) in [6, 6.07) is 1.61. The molecule has 112 valence electrons. The van der Waals surface area contributed by atoms with Gasteiger partial charge in [-0.3, -0.25) is 14.5 Å². The molecule has 3 unspecified atom stereocenters. The summed E-state index contributed by atoms with van der Waals surface area (Å²) in [6.45, 7) is 8.76. The molecule has 2 saturated heterocycles. The third-order valence-corrected chi connectivity index (χ3v) is 5.24. The summed E-state index contributed by atoms with van der Waals surface area (Å²) in [4.78, 5) is 5.27. The quantitative estimate of drug-likeness (QED) is 0.892.